The summed E-state index contributed by atoms with van der Waals surface area (Å²) in [5.74, 6) is -3.12. The predicted molar refractivity (Wildman–Crippen MR) is 95.6 cm³/mol. The lowest BCUT2D eigenvalue weighted by Gasteiger charge is -2.36. The summed E-state index contributed by atoms with van der Waals surface area (Å²) >= 11 is 0. The van der Waals surface area contributed by atoms with Crippen molar-refractivity contribution < 1.29 is 22.8 Å². The van der Waals surface area contributed by atoms with Gasteiger partial charge in [-0.25, -0.2) is 13.2 Å². The second kappa shape index (κ2) is 7.42. The van der Waals surface area contributed by atoms with E-state index in [2.05, 4.69) is 0 Å². The Morgan fingerprint density at radius 3 is 2.11 bits per heavy atom. The molecule has 0 N–H and O–H groups in total. The number of rotatable bonds is 3. The van der Waals surface area contributed by atoms with E-state index in [1.54, 1.807) is 24.0 Å². The molecule has 2 aromatic carbocycles. The van der Waals surface area contributed by atoms with Gasteiger partial charge in [-0.15, -0.1) is 0 Å². The van der Waals surface area contributed by atoms with Crippen LogP contribution in [0.3, 0.4) is 0 Å². The smallest absolute Gasteiger partial charge is 0.254 e. The third-order valence-corrected chi connectivity index (χ3v) is 4.76. The van der Waals surface area contributed by atoms with Crippen molar-refractivity contribution in [2.45, 2.75) is 13.8 Å². The number of nitrogens with zero attached hydrogens (tertiary/aromatic N) is 2. The molecule has 0 aromatic heterocycles. The number of carbonyl (C=O) groups is 2. The number of aryl methyl sites for hydroxylation is 1. The Labute approximate surface area is 155 Å². The minimum atomic E-state index is -1.06. The van der Waals surface area contributed by atoms with Crippen molar-refractivity contribution in [3.63, 3.8) is 0 Å². The van der Waals surface area contributed by atoms with Crippen LogP contribution in [0.2, 0.25) is 0 Å². The molecule has 1 amide bonds. The van der Waals surface area contributed by atoms with Gasteiger partial charge in [0, 0.05) is 37.3 Å². The van der Waals surface area contributed by atoms with Gasteiger partial charge in [-0.3, -0.25) is 9.59 Å². The molecule has 0 atom stereocenters. The first kappa shape index (κ1) is 18.9. The van der Waals surface area contributed by atoms with Crippen molar-refractivity contribution in [3.8, 4) is 0 Å². The van der Waals surface area contributed by atoms with Crippen molar-refractivity contribution in [2.75, 3.05) is 31.1 Å². The van der Waals surface area contributed by atoms with Crippen LogP contribution in [0.25, 0.3) is 0 Å². The summed E-state index contributed by atoms with van der Waals surface area (Å²) < 4.78 is 41.0. The maximum Gasteiger partial charge on any atom is 0.254 e. The summed E-state index contributed by atoms with van der Waals surface area (Å²) in [6, 6.07) is 6.26. The van der Waals surface area contributed by atoms with E-state index in [-0.39, 0.29) is 17.3 Å². The second-order valence-electron chi connectivity index (χ2n) is 6.58. The molecule has 0 saturated carbocycles. The van der Waals surface area contributed by atoms with Crippen LogP contribution in [0.4, 0.5) is 18.9 Å². The number of anilines is 1. The predicted octanol–water partition coefficient (Wildman–Crippen LogP) is 3.58. The number of carbonyl (C=O) groups excluding carboxylic acids is 2. The second-order valence-corrected chi connectivity index (χ2v) is 6.58. The fourth-order valence-corrected chi connectivity index (χ4v) is 3.18. The molecule has 4 nitrogen and oxygen atoms in total. The van der Waals surface area contributed by atoms with Gasteiger partial charge in [-0.05, 0) is 49.7 Å². The SMILES string of the molecule is CC(=O)c1ccc(N2CCN(C(=O)c3cc(F)c(F)cc3C)CC2)c(F)c1. The van der Waals surface area contributed by atoms with Crippen LogP contribution in [0, 0.1) is 24.4 Å². The Kier molecular flexibility index (Phi) is 5.21. The van der Waals surface area contributed by atoms with Gasteiger partial charge in [0.1, 0.15) is 5.82 Å². The van der Waals surface area contributed by atoms with Crippen LogP contribution in [0.5, 0.6) is 0 Å². The number of amides is 1. The summed E-state index contributed by atoms with van der Waals surface area (Å²) in [5, 5.41) is 0. The molecule has 0 unspecified atom stereocenters. The molecule has 0 spiro atoms. The first-order valence-electron chi connectivity index (χ1n) is 8.58. The van der Waals surface area contributed by atoms with E-state index in [0.717, 1.165) is 12.1 Å². The summed E-state index contributed by atoms with van der Waals surface area (Å²) in [6.45, 7) is 4.36. The third-order valence-electron chi connectivity index (χ3n) is 4.76. The molecule has 2 aromatic rings. The highest BCUT2D eigenvalue weighted by molar-refractivity contribution is 5.96. The Morgan fingerprint density at radius 2 is 1.52 bits per heavy atom. The van der Waals surface area contributed by atoms with Crippen LogP contribution >= 0.6 is 0 Å². The van der Waals surface area contributed by atoms with Crippen LogP contribution in [0.15, 0.2) is 30.3 Å². The molecule has 1 heterocycles. The summed E-state index contributed by atoms with van der Waals surface area (Å²) in [7, 11) is 0. The zero-order valence-corrected chi connectivity index (χ0v) is 15.1. The summed E-state index contributed by atoms with van der Waals surface area (Å²) in [6.07, 6.45) is 0. The maximum atomic E-state index is 14.3. The monoisotopic (exact) mass is 376 g/mol. The van der Waals surface area contributed by atoms with Gasteiger partial charge < -0.3 is 9.80 Å². The van der Waals surface area contributed by atoms with E-state index in [1.807, 2.05) is 0 Å². The number of ketones is 1. The first-order chi connectivity index (χ1) is 12.8. The number of Topliss-reactive ketones (excluding diaryl/α,β-unsaturated/α-hetero) is 1. The van der Waals surface area contributed by atoms with Gasteiger partial charge in [-0.1, -0.05) is 0 Å². The molecule has 1 aliphatic heterocycles. The number of halogens is 3. The number of benzene rings is 2. The van der Waals surface area contributed by atoms with Crippen molar-refractivity contribution in [1.82, 2.24) is 4.90 Å². The lowest BCUT2D eigenvalue weighted by molar-refractivity contribution is 0.0745. The standard InChI is InChI=1S/C20H19F3N2O2/c1-12-9-16(21)17(22)11-15(12)20(27)25-7-5-24(6-8-25)19-4-3-14(13(2)26)10-18(19)23/h3-4,9-11H,5-8H2,1-2H3. The van der Waals surface area contributed by atoms with Crippen molar-refractivity contribution in [2.24, 2.45) is 0 Å². The van der Waals surface area contributed by atoms with Gasteiger partial charge in [0.2, 0.25) is 0 Å². The molecule has 1 saturated heterocycles. The summed E-state index contributed by atoms with van der Waals surface area (Å²) in [5.41, 5.74) is 1.17. The number of piperazine rings is 1. The van der Waals surface area contributed by atoms with Crippen molar-refractivity contribution in [1.29, 1.82) is 0 Å². The molecule has 27 heavy (non-hydrogen) atoms. The first-order valence-corrected chi connectivity index (χ1v) is 8.58. The van der Waals surface area contributed by atoms with Crippen LogP contribution in [-0.4, -0.2) is 42.8 Å². The highest BCUT2D eigenvalue weighted by Crippen LogP contribution is 2.23. The Morgan fingerprint density at radius 1 is 0.889 bits per heavy atom. The van der Waals surface area contributed by atoms with Crippen molar-refractivity contribution >= 4 is 17.4 Å². The third kappa shape index (κ3) is 3.82. The molecule has 142 valence electrons. The Bertz CT molecular complexity index is 906. The van der Waals surface area contributed by atoms with E-state index in [0.29, 0.717) is 43.0 Å². The summed E-state index contributed by atoms with van der Waals surface area (Å²) in [4.78, 5) is 27.3. The minimum absolute atomic E-state index is 0.124. The van der Waals surface area contributed by atoms with Gasteiger partial charge in [0.15, 0.2) is 17.4 Å². The zero-order chi connectivity index (χ0) is 19.7. The van der Waals surface area contributed by atoms with E-state index < -0.39 is 17.5 Å². The lowest BCUT2D eigenvalue weighted by Crippen LogP contribution is -2.49. The molecule has 1 aliphatic rings. The maximum absolute atomic E-state index is 14.3. The van der Waals surface area contributed by atoms with Gasteiger partial charge >= 0.3 is 0 Å². The number of hydrogen-bond donors (Lipinski definition) is 0. The molecule has 3 rings (SSSR count). The average Bonchev–Trinajstić information content (AvgIpc) is 2.64. The quantitative estimate of drug-likeness (QED) is 0.769. The topological polar surface area (TPSA) is 40.6 Å². The molecule has 0 bridgehead atoms. The molecular formula is C20H19F3N2O2. The molecular weight excluding hydrogens is 357 g/mol. The average molecular weight is 376 g/mol. The van der Waals surface area contributed by atoms with E-state index in [1.165, 1.54) is 17.9 Å². The zero-order valence-electron chi connectivity index (χ0n) is 15.1. The van der Waals surface area contributed by atoms with E-state index >= 15 is 0 Å². The Balaban J connectivity index is 1.71. The van der Waals surface area contributed by atoms with Crippen LogP contribution in [0.1, 0.15) is 33.2 Å². The van der Waals surface area contributed by atoms with Gasteiger partial charge in [-0.2, -0.15) is 0 Å². The highest BCUT2D eigenvalue weighted by atomic mass is 19.2. The fraction of sp³-hybridized carbons (Fsp3) is 0.300. The van der Waals surface area contributed by atoms with E-state index in [9.17, 15) is 22.8 Å². The number of hydrogen-bond acceptors (Lipinski definition) is 3. The van der Waals surface area contributed by atoms with Gasteiger partial charge in [0.25, 0.3) is 5.91 Å². The largest absolute Gasteiger partial charge is 0.366 e. The molecule has 0 radical (unpaired) electrons. The Hall–Kier alpha value is -2.83. The minimum Gasteiger partial charge on any atom is -0.366 e. The lowest BCUT2D eigenvalue weighted by atomic mass is 10.1. The fourth-order valence-electron chi connectivity index (χ4n) is 3.18. The van der Waals surface area contributed by atoms with E-state index in [4.69, 9.17) is 0 Å². The van der Waals surface area contributed by atoms with Crippen molar-refractivity contribution in [3.05, 3.63) is 64.5 Å². The molecule has 7 heteroatoms. The highest BCUT2D eigenvalue weighted by Gasteiger charge is 2.25. The van der Waals surface area contributed by atoms with Crippen LogP contribution in [-0.2, 0) is 0 Å². The molecule has 1 fully saturated rings. The van der Waals surface area contributed by atoms with Crippen LogP contribution < -0.4 is 4.90 Å². The normalized spacial score (nSPS) is 14.4. The van der Waals surface area contributed by atoms with Gasteiger partial charge in [0.05, 0.1) is 5.69 Å². The molecule has 0 aliphatic carbocycles.